The van der Waals surface area contributed by atoms with Gasteiger partial charge in [0.25, 0.3) is 5.91 Å². The number of nitrogens with two attached hydrogens (primary N) is 1. The Morgan fingerprint density at radius 3 is 2.94 bits per heavy atom. The van der Waals surface area contributed by atoms with Crippen LogP contribution < -0.4 is 5.73 Å². The minimum atomic E-state index is -0.201. The quantitative estimate of drug-likeness (QED) is 0.886. The average molecular weight is 258 g/mol. The third kappa shape index (κ3) is 3.57. The SMILES string of the molecule is COC(C)CN(C)C(=O)c1cc(N)ncc1Cl. The van der Waals surface area contributed by atoms with Crippen molar-refractivity contribution in [3.63, 3.8) is 0 Å². The number of hydrogen-bond acceptors (Lipinski definition) is 4. The van der Waals surface area contributed by atoms with E-state index in [9.17, 15) is 4.79 Å². The highest BCUT2D eigenvalue weighted by Crippen LogP contribution is 2.18. The molecule has 0 fully saturated rings. The molecule has 0 saturated heterocycles. The number of carbonyl (C=O) groups is 1. The summed E-state index contributed by atoms with van der Waals surface area (Å²) < 4.78 is 5.10. The molecule has 1 unspecified atom stereocenters. The lowest BCUT2D eigenvalue weighted by atomic mass is 10.2. The van der Waals surface area contributed by atoms with E-state index < -0.39 is 0 Å². The lowest BCUT2D eigenvalue weighted by Crippen LogP contribution is -2.34. The number of nitrogen functional groups attached to an aromatic ring is 1. The molecule has 1 aromatic heterocycles. The van der Waals surface area contributed by atoms with E-state index >= 15 is 0 Å². The Bertz CT molecular complexity index is 412. The number of ether oxygens (including phenoxy) is 1. The van der Waals surface area contributed by atoms with Crippen LogP contribution in [-0.2, 0) is 4.74 Å². The number of carbonyl (C=O) groups excluding carboxylic acids is 1. The smallest absolute Gasteiger partial charge is 0.255 e. The largest absolute Gasteiger partial charge is 0.384 e. The molecule has 0 spiro atoms. The zero-order valence-electron chi connectivity index (χ0n) is 10.1. The number of rotatable bonds is 4. The van der Waals surface area contributed by atoms with Crippen LogP contribution in [0.2, 0.25) is 5.02 Å². The third-order valence-electron chi connectivity index (χ3n) is 2.39. The molecule has 1 amide bonds. The number of amides is 1. The van der Waals surface area contributed by atoms with Gasteiger partial charge < -0.3 is 15.4 Å². The van der Waals surface area contributed by atoms with Crippen molar-refractivity contribution in [2.45, 2.75) is 13.0 Å². The molecule has 0 radical (unpaired) electrons. The molecule has 5 nitrogen and oxygen atoms in total. The van der Waals surface area contributed by atoms with Crippen LogP contribution in [0.1, 0.15) is 17.3 Å². The molecule has 17 heavy (non-hydrogen) atoms. The lowest BCUT2D eigenvalue weighted by Gasteiger charge is -2.21. The molecule has 0 aliphatic rings. The molecule has 1 rings (SSSR count). The fourth-order valence-corrected chi connectivity index (χ4v) is 1.55. The molecule has 0 saturated carbocycles. The molecule has 6 heteroatoms. The standard InChI is InChI=1S/C11H16ClN3O2/c1-7(17-3)6-15(2)11(16)8-4-10(13)14-5-9(8)12/h4-5,7H,6H2,1-3H3,(H2,13,14). The van der Waals surface area contributed by atoms with Crippen LogP contribution >= 0.6 is 11.6 Å². The summed E-state index contributed by atoms with van der Waals surface area (Å²) in [6.07, 6.45) is 1.33. The number of aromatic nitrogens is 1. The van der Waals surface area contributed by atoms with Gasteiger partial charge in [-0.1, -0.05) is 11.6 Å². The summed E-state index contributed by atoms with van der Waals surface area (Å²) in [6.45, 7) is 2.36. The fraction of sp³-hybridized carbons (Fsp3) is 0.455. The molecular formula is C11H16ClN3O2. The van der Waals surface area contributed by atoms with Gasteiger partial charge in [-0.25, -0.2) is 4.98 Å². The van der Waals surface area contributed by atoms with Gasteiger partial charge in [0.1, 0.15) is 5.82 Å². The van der Waals surface area contributed by atoms with Crippen molar-refractivity contribution >= 4 is 23.3 Å². The van der Waals surface area contributed by atoms with E-state index in [0.29, 0.717) is 17.1 Å². The number of anilines is 1. The summed E-state index contributed by atoms with van der Waals surface area (Å²) in [5.41, 5.74) is 5.88. The van der Waals surface area contributed by atoms with Gasteiger partial charge in [-0.2, -0.15) is 0 Å². The Hall–Kier alpha value is -1.33. The van der Waals surface area contributed by atoms with E-state index in [1.54, 1.807) is 14.2 Å². The van der Waals surface area contributed by atoms with Crippen LogP contribution in [0.25, 0.3) is 0 Å². The second kappa shape index (κ2) is 5.84. The Morgan fingerprint density at radius 1 is 1.71 bits per heavy atom. The second-order valence-electron chi connectivity index (χ2n) is 3.82. The van der Waals surface area contributed by atoms with Gasteiger partial charge in [0.2, 0.25) is 0 Å². The van der Waals surface area contributed by atoms with E-state index in [2.05, 4.69) is 4.98 Å². The van der Waals surface area contributed by atoms with Crippen LogP contribution in [0.5, 0.6) is 0 Å². The summed E-state index contributed by atoms with van der Waals surface area (Å²) in [5.74, 6) is 0.0685. The summed E-state index contributed by atoms with van der Waals surface area (Å²) >= 11 is 5.91. The molecule has 1 aromatic rings. The summed E-state index contributed by atoms with van der Waals surface area (Å²) in [4.78, 5) is 17.4. The van der Waals surface area contributed by atoms with Crippen molar-refractivity contribution in [1.82, 2.24) is 9.88 Å². The van der Waals surface area contributed by atoms with Crippen molar-refractivity contribution in [2.24, 2.45) is 0 Å². The Labute approximate surface area is 106 Å². The first-order chi connectivity index (χ1) is 7.95. The number of halogens is 1. The average Bonchev–Trinajstić information content (AvgIpc) is 2.31. The molecule has 1 atom stereocenters. The number of hydrogen-bond donors (Lipinski definition) is 1. The molecule has 0 aliphatic heterocycles. The fourth-order valence-electron chi connectivity index (χ4n) is 1.37. The van der Waals surface area contributed by atoms with Crippen molar-refractivity contribution in [3.05, 3.63) is 22.8 Å². The predicted octanol–water partition coefficient (Wildman–Crippen LogP) is 1.42. The van der Waals surface area contributed by atoms with Crippen LogP contribution in [0, 0.1) is 0 Å². The minimum absolute atomic E-state index is 0.0399. The van der Waals surface area contributed by atoms with Gasteiger partial charge in [0, 0.05) is 26.9 Å². The molecule has 94 valence electrons. The first-order valence-corrected chi connectivity index (χ1v) is 5.52. The van der Waals surface area contributed by atoms with Crippen LogP contribution in [-0.4, -0.2) is 42.6 Å². The maximum Gasteiger partial charge on any atom is 0.255 e. The van der Waals surface area contributed by atoms with Crippen LogP contribution in [0.3, 0.4) is 0 Å². The first kappa shape index (κ1) is 13.7. The van der Waals surface area contributed by atoms with Gasteiger partial charge in [-0.3, -0.25) is 4.79 Å². The molecule has 0 aromatic carbocycles. The van der Waals surface area contributed by atoms with E-state index in [4.69, 9.17) is 22.1 Å². The van der Waals surface area contributed by atoms with Gasteiger partial charge in [0.15, 0.2) is 0 Å². The summed E-state index contributed by atoms with van der Waals surface area (Å²) in [6, 6.07) is 1.47. The third-order valence-corrected chi connectivity index (χ3v) is 2.69. The summed E-state index contributed by atoms with van der Waals surface area (Å²) in [7, 11) is 3.28. The van der Waals surface area contributed by atoms with E-state index in [-0.39, 0.29) is 17.8 Å². The zero-order chi connectivity index (χ0) is 13.0. The van der Waals surface area contributed by atoms with Crippen LogP contribution in [0.15, 0.2) is 12.3 Å². The number of pyridine rings is 1. The predicted molar refractivity (Wildman–Crippen MR) is 67.1 cm³/mol. The van der Waals surface area contributed by atoms with Gasteiger partial charge >= 0.3 is 0 Å². The normalized spacial score (nSPS) is 12.2. The Morgan fingerprint density at radius 2 is 2.35 bits per heavy atom. The van der Waals surface area contributed by atoms with Crippen molar-refractivity contribution in [2.75, 3.05) is 26.4 Å². The maximum absolute atomic E-state index is 12.1. The van der Waals surface area contributed by atoms with E-state index in [1.165, 1.54) is 17.2 Å². The molecule has 0 bridgehead atoms. The Kier molecular flexibility index (Phi) is 4.72. The highest BCUT2D eigenvalue weighted by molar-refractivity contribution is 6.33. The number of likely N-dealkylation sites (N-methyl/N-ethyl adjacent to an activating group) is 1. The second-order valence-corrected chi connectivity index (χ2v) is 4.23. The van der Waals surface area contributed by atoms with Crippen molar-refractivity contribution in [3.8, 4) is 0 Å². The molecule has 2 N–H and O–H groups in total. The zero-order valence-corrected chi connectivity index (χ0v) is 10.9. The molecule has 0 aliphatic carbocycles. The van der Waals surface area contributed by atoms with E-state index in [0.717, 1.165) is 0 Å². The Balaban J connectivity index is 2.85. The highest BCUT2D eigenvalue weighted by Gasteiger charge is 2.17. The van der Waals surface area contributed by atoms with Gasteiger partial charge in [0.05, 0.1) is 16.7 Å². The monoisotopic (exact) mass is 257 g/mol. The minimum Gasteiger partial charge on any atom is -0.384 e. The van der Waals surface area contributed by atoms with Crippen molar-refractivity contribution < 1.29 is 9.53 Å². The molecular weight excluding hydrogens is 242 g/mol. The van der Waals surface area contributed by atoms with Crippen LogP contribution in [0.4, 0.5) is 5.82 Å². The lowest BCUT2D eigenvalue weighted by molar-refractivity contribution is 0.0600. The van der Waals surface area contributed by atoms with Gasteiger partial charge in [-0.15, -0.1) is 0 Å². The van der Waals surface area contributed by atoms with E-state index in [1.807, 2.05) is 6.92 Å². The number of nitrogens with zero attached hydrogens (tertiary/aromatic N) is 2. The van der Waals surface area contributed by atoms with Crippen molar-refractivity contribution in [1.29, 1.82) is 0 Å². The maximum atomic E-state index is 12.1. The summed E-state index contributed by atoms with van der Waals surface area (Å²) in [5, 5.41) is 0.293. The number of methoxy groups -OCH3 is 1. The first-order valence-electron chi connectivity index (χ1n) is 5.15. The molecule has 1 heterocycles. The topological polar surface area (TPSA) is 68.5 Å². The highest BCUT2D eigenvalue weighted by atomic mass is 35.5. The van der Waals surface area contributed by atoms with Gasteiger partial charge in [-0.05, 0) is 13.0 Å².